The molecule has 23 nitrogen and oxygen atoms in total. The Morgan fingerprint density at radius 3 is 1.17 bits per heavy atom. The second-order valence-electron chi connectivity index (χ2n) is 37.1. The Morgan fingerprint density at radius 2 is 0.852 bits per heavy atom. The number of Topliss-reactive ketones (excluding diaryl/α,β-unsaturated/α-hetero) is 3. The Balaban J connectivity index is 0.000000397. The summed E-state index contributed by atoms with van der Waals surface area (Å²) in [5, 5.41) is 45.8. The van der Waals surface area contributed by atoms with E-state index in [1.54, 1.807) is 13.8 Å². The fourth-order valence-corrected chi connectivity index (χ4v) is 21.6. The fourth-order valence-electron chi connectivity index (χ4n) is 21.6. The van der Waals surface area contributed by atoms with Crippen molar-refractivity contribution in [3.05, 3.63) is 24.3 Å². The average molecular weight is 1640 g/mol. The van der Waals surface area contributed by atoms with E-state index in [1.807, 2.05) is 114 Å². The van der Waals surface area contributed by atoms with Gasteiger partial charge in [-0.05, 0) is 192 Å². The minimum atomic E-state index is -1.36. The van der Waals surface area contributed by atoms with Crippen molar-refractivity contribution in [3.63, 3.8) is 0 Å². The van der Waals surface area contributed by atoms with Crippen molar-refractivity contribution in [2.45, 2.75) is 434 Å². The summed E-state index contributed by atoms with van der Waals surface area (Å²) in [6.07, 6.45) is 15.2. The molecule has 0 bridgehead atoms. The van der Waals surface area contributed by atoms with Gasteiger partial charge in [-0.2, -0.15) is 0 Å². The molecule has 24 heteroatoms. The largest absolute Gasteiger partial charge is 1.00 e. The Bertz CT molecular complexity index is 3250. The number of carbonyl (C=O) groups excluding carboxylic acids is 6. The molecule has 10 heterocycles. The number of ether oxygens (including phenoxy) is 12. The Morgan fingerprint density at radius 1 is 0.487 bits per heavy atom. The molecule has 0 saturated carbocycles. The molecule has 5 N–H and O–H groups in total. The number of aliphatic hydroxyl groups is 4. The van der Waals surface area contributed by atoms with Crippen LogP contribution in [-0.2, 0) is 85.6 Å². The van der Waals surface area contributed by atoms with Gasteiger partial charge < -0.3 is 87.5 Å². The molecular formula is C91H154NaO23-. The molecule has 10 aliphatic heterocycles. The van der Waals surface area contributed by atoms with Crippen LogP contribution in [0.5, 0.6) is 0 Å². The van der Waals surface area contributed by atoms with E-state index in [4.69, 9.17) is 56.8 Å². The molecule has 0 unspecified atom stereocenters. The summed E-state index contributed by atoms with van der Waals surface area (Å²) in [6, 6.07) is 0. The van der Waals surface area contributed by atoms with Crippen molar-refractivity contribution >= 4 is 35.6 Å². The maximum absolute atomic E-state index is 14.6. The monoisotopic (exact) mass is 1640 g/mol. The third-order valence-electron chi connectivity index (χ3n) is 29.5. The smallest absolute Gasteiger partial charge is 0.870 e. The average Bonchev–Trinajstić information content (AvgIpc) is 1.63. The molecule has 0 aromatic heterocycles. The van der Waals surface area contributed by atoms with Crippen LogP contribution in [0.15, 0.2) is 24.3 Å². The molecule has 10 aliphatic rings. The van der Waals surface area contributed by atoms with Gasteiger partial charge in [0.2, 0.25) is 11.6 Å². The predicted octanol–water partition coefficient (Wildman–Crippen LogP) is 12.1. The van der Waals surface area contributed by atoms with E-state index in [9.17, 15) is 49.2 Å². The van der Waals surface area contributed by atoms with Crippen LogP contribution in [0.3, 0.4) is 0 Å². The van der Waals surface area contributed by atoms with E-state index in [-0.39, 0.29) is 175 Å². The van der Waals surface area contributed by atoms with Crippen molar-refractivity contribution < 1.29 is 141 Å². The van der Waals surface area contributed by atoms with Crippen LogP contribution in [0, 0.1) is 82.9 Å². The summed E-state index contributed by atoms with van der Waals surface area (Å²) in [5.74, 6) is -9.63. The van der Waals surface area contributed by atoms with Crippen molar-refractivity contribution in [3.8, 4) is 0 Å². The summed E-state index contributed by atoms with van der Waals surface area (Å²) in [6.45, 7) is 44.2. The van der Waals surface area contributed by atoms with Crippen LogP contribution in [0.2, 0.25) is 0 Å². The van der Waals surface area contributed by atoms with Crippen LogP contribution in [0.4, 0.5) is 0 Å². The quantitative estimate of drug-likeness (QED) is 0.0270. The third-order valence-corrected chi connectivity index (χ3v) is 29.5. The van der Waals surface area contributed by atoms with E-state index < -0.39 is 118 Å². The van der Waals surface area contributed by atoms with Crippen LogP contribution in [-0.4, -0.2) is 192 Å². The van der Waals surface area contributed by atoms with E-state index >= 15 is 0 Å². The van der Waals surface area contributed by atoms with Crippen LogP contribution in [0.25, 0.3) is 0 Å². The van der Waals surface area contributed by atoms with E-state index in [0.717, 1.165) is 25.7 Å². The normalized spacial score (nSPS) is 42.9. The maximum atomic E-state index is 14.6. The first-order chi connectivity index (χ1) is 52.0. The maximum Gasteiger partial charge on any atom is 1.00 e. The molecule has 0 aliphatic carbocycles. The molecule has 658 valence electrons. The third kappa shape index (κ3) is 21.1. The van der Waals surface area contributed by atoms with Crippen LogP contribution < -0.4 is 29.6 Å². The summed E-state index contributed by atoms with van der Waals surface area (Å²) in [4.78, 5) is 78.0. The molecule has 8 fully saturated rings. The van der Waals surface area contributed by atoms with Gasteiger partial charge >= 0.3 is 41.5 Å². The van der Waals surface area contributed by atoms with Crippen molar-refractivity contribution in [2.24, 2.45) is 82.9 Å². The number of hydrogen-bond donors (Lipinski definition) is 4. The van der Waals surface area contributed by atoms with Gasteiger partial charge in [0, 0.05) is 86.1 Å². The Hall–Kier alpha value is -2.50. The number of esters is 2. The zero-order valence-corrected chi connectivity index (χ0v) is 75.2. The van der Waals surface area contributed by atoms with Gasteiger partial charge in [-0.15, -0.1) is 5.92 Å². The molecule has 0 aromatic rings. The van der Waals surface area contributed by atoms with Crippen LogP contribution in [0.1, 0.15) is 303 Å². The number of carbonyl (C=O) groups is 5. The van der Waals surface area contributed by atoms with E-state index in [2.05, 4.69) is 47.8 Å². The van der Waals surface area contributed by atoms with Gasteiger partial charge in [0.15, 0.2) is 23.8 Å². The minimum absolute atomic E-state index is 0. The summed E-state index contributed by atoms with van der Waals surface area (Å²) in [5.41, 5.74) is -3.36. The van der Waals surface area contributed by atoms with Crippen molar-refractivity contribution in [2.75, 3.05) is 0 Å². The molecular weight excluding hydrogens is 1480 g/mol. The van der Waals surface area contributed by atoms with Gasteiger partial charge in [-0.3, -0.25) is 30.3 Å². The van der Waals surface area contributed by atoms with Gasteiger partial charge in [-0.25, -0.2) is 0 Å². The molecule has 10 rings (SSSR count). The van der Waals surface area contributed by atoms with Crippen molar-refractivity contribution in [1.82, 2.24) is 0 Å². The van der Waals surface area contributed by atoms with Gasteiger partial charge in [-0.1, -0.05) is 132 Å². The SMILES string of the molecule is C.C.CC[C@@H](C(=O)[C@@H](C)[C@@H](O)[C@H](C)[C@@H]1O[C@@H]([C@@H](CC)C(C)=O)CC[C@@H]1C)[C@H]1O[C@]2(C=C[C@@H](OC(C)=O)[C@]3(CC[C@@](C)([C@H]4CC[C@](O)(CC)[C@H](C)O4)O3)O2)[C@H](C)C[C@@H]1C.CC[C@@H]([C-]=O)[C@H]1CC[C@H](C)[C@H]([C@@H](C)[C@H](O)[C@H](C)C(=O)[C@H](CC)[C@H]2O[C@]3(C=C[C@@H](OC(C)=O)[C@]4(CC[C@@](C)([C@H]5CC[C@](O)(CC)[C@H](C)O5)O4)O3)[C@H](C)C[C@@H]2C)O1.[Na+].[OH-]. The van der Waals surface area contributed by atoms with Crippen LogP contribution >= 0.6 is 0 Å². The second kappa shape index (κ2) is 41.3. The fraction of sp³-hybridized carbons (Fsp3) is 0.890. The molecule has 0 amide bonds. The molecule has 36 atom stereocenters. The Labute approximate surface area is 713 Å². The number of hydrogen-bond acceptors (Lipinski definition) is 23. The standard InChI is InChI=1S/C45H74O11.C44H71O11.2CH4.Na.H2O/c1-13-33(30(9)46)35-17-16-25(4)40(53-35)29(8)38(48)28(7)39(49)34(14-2)41-26(5)24-27(6)44(54-41)21-19-37(52-32(11)47)45(56-44)23-22-42(12,55-45)36-18-20-43(50,15-3)31(10)51-36;1-12-32(24-45)34-16-15-25(4)39(52-34)29(8)37(47)28(7)38(48)33(13-2)40-26(5)23-27(6)43(53-40)20-18-36(51-31(10)46)44(55-43)22-21-41(11,54-44)35-17-19-42(49,14-3)30(9)50-35;;;;/h19,21,25-29,31,33-38,40-41,48,50H,13-18,20,22-24H2,1-12H3;18,20,25-30,32-37,39-40,47,49H,12-17,19,21-23H2,1-11H3;2*1H4;;1H2/q;-1;;;+1;/p-1/t25-,26-,27+,28-,29-,31-,33-,34-,35+,36+,37+,38+,40+,41-,42-,43+,44-,45-;25-,26-,27+,28-,29-,30-,32-,33-,34+,35+,36+,37+,39+,40-,41-,42+,43-,44-;;;;/m00..../s1. The van der Waals surface area contributed by atoms with Gasteiger partial charge in [0.1, 0.15) is 17.3 Å². The predicted molar refractivity (Wildman–Crippen MR) is 433 cm³/mol. The summed E-state index contributed by atoms with van der Waals surface area (Å²) < 4.78 is 80.0. The first-order valence-corrected chi connectivity index (χ1v) is 43.3. The number of ketones is 3. The van der Waals surface area contributed by atoms with Gasteiger partial charge in [0.25, 0.3) is 0 Å². The summed E-state index contributed by atoms with van der Waals surface area (Å²) >= 11 is 0. The van der Waals surface area contributed by atoms with E-state index in [1.165, 1.54) is 13.8 Å². The molecule has 115 heavy (non-hydrogen) atoms. The first kappa shape index (κ1) is 103. The minimum Gasteiger partial charge on any atom is -0.870 e. The number of aliphatic hydroxyl groups excluding tert-OH is 2. The first-order valence-electron chi connectivity index (χ1n) is 43.3. The second-order valence-corrected chi connectivity index (χ2v) is 37.1. The summed E-state index contributed by atoms with van der Waals surface area (Å²) in [7, 11) is 0. The topological polar surface area (TPSA) is 324 Å². The number of rotatable bonds is 26. The van der Waals surface area contributed by atoms with E-state index in [0.29, 0.717) is 103 Å². The molecule has 4 spiro atoms. The zero-order chi connectivity index (χ0) is 82.2. The van der Waals surface area contributed by atoms with Crippen molar-refractivity contribution in [1.29, 1.82) is 0 Å². The molecule has 0 radical (unpaired) electrons. The molecule has 0 aromatic carbocycles. The Kier molecular flexibility index (Phi) is 37.0. The van der Waals surface area contributed by atoms with Gasteiger partial charge in [0.05, 0.1) is 89.5 Å². The molecule has 8 saturated heterocycles. The zero-order valence-electron chi connectivity index (χ0n) is 73.2.